The highest BCUT2D eigenvalue weighted by molar-refractivity contribution is 6.55. The Bertz CT molecular complexity index is 1120. The first-order chi connectivity index (χ1) is 14.8. The number of aromatic nitrogens is 2. The van der Waals surface area contributed by atoms with Crippen LogP contribution in [-0.2, 0) is 0 Å². The van der Waals surface area contributed by atoms with Crippen LogP contribution in [0, 0.1) is 24.2 Å². The van der Waals surface area contributed by atoms with Crippen molar-refractivity contribution >= 4 is 30.1 Å². The molecular weight excluding hydrogens is 393 g/mol. The van der Waals surface area contributed by atoms with Gasteiger partial charge in [0.2, 0.25) is 0 Å². The van der Waals surface area contributed by atoms with E-state index in [1.54, 1.807) is 10.9 Å². The van der Waals surface area contributed by atoms with Crippen molar-refractivity contribution in [3.8, 4) is 11.8 Å². The Morgan fingerprint density at radius 3 is 2.81 bits per heavy atom. The number of allylic oxidation sites excluding steroid dienone is 2. The fourth-order valence-corrected chi connectivity index (χ4v) is 4.43. The summed E-state index contributed by atoms with van der Waals surface area (Å²) in [5, 5.41) is 27.5. The summed E-state index contributed by atoms with van der Waals surface area (Å²) < 4.78 is 7.38. The van der Waals surface area contributed by atoms with E-state index in [0.717, 1.165) is 53.5 Å². The molecule has 0 unspecified atom stereocenters. The number of carbonyl (C=O) groups excluding carboxylic acids is 1. The molecule has 0 radical (unpaired) electrons. The minimum Gasteiger partial charge on any atom is -0.532 e. The van der Waals surface area contributed by atoms with E-state index < -0.39 is 13.0 Å². The number of benzene rings is 1. The minimum absolute atomic E-state index is 0.0691. The third kappa shape index (κ3) is 3.79. The Kier molecular flexibility index (Phi) is 5.50. The van der Waals surface area contributed by atoms with Crippen LogP contribution in [0.4, 0.5) is 11.5 Å². The van der Waals surface area contributed by atoms with E-state index in [1.165, 1.54) is 0 Å². The Morgan fingerprint density at radius 1 is 1.35 bits per heavy atom. The number of nitrogens with two attached hydrogens (primary N) is 1. The number of amides is 1. The van der Waals surface area contributed by atoms with Crippen LogP contribution in [0.5, 0.6) is 5.75 Å². The number of hydrogen-bond acceptors (Lipinski definition) is 6. The lowest BCUT2D eigenvalue weighted by atomic mass is 9.73. The van der Waals surface area contributed by atoms with Gasteiger partial charge in [0.25, 0.3) is 5.91 Å². The van der Waals surface area contributed by atoms with E-state index in [9.17, 15) is 15.1 Å². The molecule has 31 heavy (non-hydrogen) atoms. The van der Waals surface area contributed by atoms with Crippen molar-refractivity contribution in [1.29, 1.82) is 5.26 Å². The van der Waals surface area contributed by atoms with E-state index in [-0.39, 0.29) is 17.5 Å². The minimum atomic E-state index is -0.953. The molecule has 4 rings (SSSR count). The number of nitriles is 1. The number of primary amides is 1. The molecule has 0 spiro atoms. The lowest BCUT2D eigenvalue weighted by Gasteiger charge is -2.26. The van der Waals surface area contributed by atoms with Crippen LogP contribution in [-0.4, -0.2) is 27.8 Å². The molecule has 2 heterocycles. The van der Waals surface area contributed by atoms with Gasteiger partial charge in [-0.1, -0.05) is 12.8 Å². The number of aryl methyl sites for hydroxylation is 1. The molecule has 2 atom stereocenters. The van der Waals surface area contributed by atoms with Gasteiger partial charge < -0.3 is 20.7 Å². The van der Waals surface area contributed by atoms with Crippen LogP contribution in [0.25, 0.3) is 5.57 Å². The van der Waals surface area contributed by atoms with Crippen LogP contribution in [0.1, 0.15) is 67.1 Å². The average Bonchev–Trinajstić information content (AvgIpc) is 3.17. The number of anilines is 2. The summed E-state index contributed by atoms with van der Waals surface area (Å²) in [5.41, 5.74) is 10.1. The van der Waals surface area contributed by atoms with Crippen molar-refractivity contribution in [3.05, 3.63) is 40.5 Å². The summed E-state index contributed by atoms with van der Waals surface area (Å²) in [7, 11) is -0.953. The van der Waals surface area contributed by atoms with Gasteiger partial charge >= 0.3 is 7.12 Å². The van der Waals surface area contributed by atoms with Gasteiger partial charge in [-0.05, 0) is 62.4 Å². The molecule has 0 bridgehead atoms. The van der Waals surface area contributed by atoms with Gasteiger partial charge in [-0.2, -0.15) is 10.4 Å². The summed E-state index contributed by atoms with van der Waals surface area (Å²) >= 11 is 0. The largest absolute Gasteiger partial charge is 0.555 e. The Labute approximate surface area is 181 Å². The van der Waals surface area contributed by atoms with Gasteiger partial charge in [-0.15, -0.1) is 0 Å². The smallest absolute Gasteiger partial charge is 0.532 e. The number of fused-ring (bicyclic) bond motifs is 1. The zero-order valence-electron chi connectivity index (χ0n) is 18.0. The highest BCUT2D eigenvalue weighted by Gasteiger charge is 2.31. The fourth-order valence-electron chi connectivity index (χ4n) is 4.43. The van der Waals surface area contributed by atoms with Crippen LogP contribution in [0.15, 0.2) is 23.8 Å². The SMILES string of the molecule is CC1=C(C)c2cc(Nc3nn([C@@H]4CCCC[C@H]4C#N)cc3C(N)=O)cc(C)c2OB1O. The predicted octanol–water partition coefficient (Wildman–Crippen LogP) is 3.49. The fraction of sp³-hybridized carbons (Fsp3) is 0.409. The van der Waals surface area contributed by atoms with Crippen LogP contribution in [0.3, 0.4) is 0 Å². The van der Waals surface area contributed by atoms with E-state index in [1.807, 2.05) is 32.9 Å². The Balaban J connectivity index is 1.71. The van der Waals surface area contributed by atoms with E-state index in [2.05, 4.69) is 16.5 Å². The Morgan fingerprint density at radius 2 is 2.10 bits per heavy atom. The summed E-state index contributed by atoms with van der Waals surface area (Å²) in [6, 6.07) is 6.10. The number of nitrogens with one attached hydrogen (secondary N) is 1. The molecule has 1 aliphatic carbocycles. The molecule has 160 valence electrons. The molecule has 1 aliphatic heterocycles. The van der Waals surface area contributed by atoms with Gasteiger partial charge in [-0.3, -0.25) is 9.48 Å². The van der Waals surface area contributed by atoms with E-state index in [4.69, 9.17) is 10.4 Å². The zero-order chi connectivity index (χ0) is 22.3. The Hall–Kier alpha value is -3.25. The first-order valence-corrected chi connectivity index (χ1v) is 10.5. The molecular formula is C22H26BN5O3. The first-order valence-electron chi connectivity index (χ1n) is 10.5. The molecule has 1 aromatic heterocycles. The quantitative estimate of drug-likeness (QED) is 0.652. The maximum atomic E-state index is 12.1. The van der Waals surface area contributed by atoms with Crippen molar-refractivity contribution in [2.75, 3.05) is 5.32 Å². The predicted molar refractivity (Wildman–Crippen MR) is 119 cm³/mol. The van der Waals surface area contributed by atoms with Crippen molar-refractivity contribution in [3.63, 3.8) is 0 Å². The van der Waals surface area contributed by atoms with Gasteiger partial charge in [0.1, 0.15) is 11.3 Å². The maximum absolute atomic E-state index is 12.1. The van der Waals surface area contributed by atoms with Crippen LogP contribution < -0.4 is 15.7 Å². The molecule has 4 N–H and O–H groups in total. The summed E-state index contributed by atoms with van der Waals surface area (Å²) in [5.74, 6) is 0.295. The standard InChI is InChI=1S/C22H26BN5O3/c1-12-8-16(9-17-13(2)14(3)23(30)31-20(12)17)26-22-18(21(25)29)11-28(27-22)19-7-5-4-6-15(19)10-24/h8-9,11,15,19,30H,4-7H2,1-3H3,(H2,25,29)(H,26,27)/t15-,19+/m0/s1. The third-order valence-electron chi connectivity index (χ3n) is 6.37. The number of nitrogens with zero attached hydrogens (tertiary/aromatic N) is 3. The highest BCUT2D eigenvalue weighted by atomic mass is 16.5. The second-order valence-electron chi connectivity index (χ2n) is 8.40. The third-order valence-corrected chi connectivity index (χ3v) is 6.37. The second kappa shape index (κ2) is 8.12. The molecule has 8 nitrogen and oxygen atoms in total. The lowest BCUT2D eigenvalue weighted by molar-refractivity contribution is 0.100. The van der Waals surface area contributed by atoms with Gasteiger partial charge in [-0.25, -0.2) is 0 Å². The number of carbonyl (C=O) groups is 1. The highest BCUT2D eigenvalue weighted by Crippen LogP contribution is 2.39. The van der Waals surface area contributed by atoms with Crippen molar-refractivity contribution in [2.45, 2.75) is 52.5 Å². The van der Waals surface area contributed by atoms with Gasteiger partial charge in [0.15, 0.2) is 5.82 Å². The van der Waals surface area contributed by atoms with Gasteiger partial charge in [0, 0.05) is 17.4 Å². The zero-order valence-corrected chi connectivity index (χ0v) is 18.0. The summed E-state index contributed by atoms with van der Waals surface area (Å²) in [4.78, 5) is 12.1. The maximum Gasteiger partial charge on any atom is 0.555 e. The molecule has 1 fully saturated rings. The van der Waals surface area contributed by atoms with Crippen molar-refractivity contribution < 1.29 is 14.5 Å². The number of hydrogen-bond donors (Lipinski definition) is 3. The normalized spacial score (nSPS) is 20.7. The monoisotopic (exact) mass is 419 g/mol. The molecule has 2 aliphatic rings. The molecule has 1 saturated carbocycles. The second-order valence-corrected chi connectivity index (χ2v) is 8.40. The number of rotatable bonds is 4. The molecule has 0 saturated heterocycles. The van der Waals surface area contributed by atoms with Gasteiger partial charge in [0.05, 0.1) is 18.0 Å². The molecule has 2 aromatic rings. The average molecular weight is 419 g/mol. The molecule has 9 heteroatoms. The summed E-state index contributed by atoms with van der Waals surface area (Å²) in [6.07, 6.45) is 5.37. The summed E-state index contributed by atoms with van der Waals surface area (Å²) in [6.45, 7) is 5.68. The van der Waals surface area contributed by atoms with Crippen molar-refractivity contribution in [1.82, 2.24) is 9.78 Å². The van der Waals surface area contributed by atoms with E-state index in [0.29, 0.717) is 11.6 Å². The first kappa shape index (κ1) is 21.0. The van der Waals surface area contributed by atoms with Crippen LogP contribution >= 0.6 is 0 Å². The molecule has 1 aromatic carbocycles. The van der Waals surface area contributed by atoms with E-state index >= 15 is 0 Å². The molecule has 1 amide bonds. The lowest BCUT2D eigenvalue weighted by Crippen LogP contribution is -2.28. The van der Waals surface area contributed by atoms with Crippen molar-refractivity contribution in [2.24, 2.45) is 11.7 Å². The van der Waals surface area contributed by atoms with Crippen LogP contribution in [0.2, 0.25) is 0 Å². The topological polar surface area (TPSA) is 126 Å².